The molecule has 2 N–H and O–H groups in total. The summed E-state index contributed by atoms with van der Waals surface area (Å²) >= 11 is 1.43. The van der Waals surface area contributed by atoms with Crippen LogP contribution in [0.1, 0.15) is 24.3 Å². The molecular formula is C22H22N4O4S. The van der Waals surface area contributed by atoms with Crippen LogP contribution < -0.4 is 10.6 Å². The zero-order valence-electron chi connectivity index (χ0n) is 16.9. The largest absolute Gasteiger partial charge is 0.467 e. The van der Waals surface area contributed by atoms with Crippen molar-refractivity contribution in [2.75, 3.05) is 12.4 Å². The van der Waals surface area contributed by atoms with Crippen LogP contribution in [0.4, 0.5) is 4.79 Å². The number of hydrogen-bond acceptors (Lipinski definition) is 6. The molecule has 31 heavy (non-hydrogen) atoms. The molecule has 0 unspecified atom stereocenters. The number of carbonyl (C=O) groups excluding carboxylic acids is 2. The highest BCUT2D eigenvalue weighted by Crippen LogP contribution is 2.30. The Morgan fingerprint density at radius 3 is 2.84 bits per heavy atom. The Morgan fingerprint density at radius 1 is 1.26 bits per heavy atom. The second-order valence-electron chi connectivity index (χ2n) is 6.77. The molecule has 4 rings (SSSR count). The second kappa shape index (κ2) is 9.57. The van der Waals surface area contributed by atoms with E-state index in [2.05, 4.69) is 27.8 Å². The quantitative estimate of drug-likeness (QED) is 0.413. The first-order valence-electron chi connectivity index (χ1n) is 9.84. The van der Waals surface area contributed by atoms with Gasteiger partial charge in [-0.25, -0.2) is 14.6 Å². The van der Waals surface area contributed by atoms with Gasteiger partial charge >= 0.3 is 12.0 Å². The fourth-order valence-corrected chi connectivity index (χ4v) is 4.25. The van der Waals surface area contributed by atoms with Crippen molar-refractivity contribution in [3.8, 4) is 0 Å². The summed E-state index contributed by atoms with van der Waals surface area (Å²) in [5.41, 5.74) is 1.95. The summed E-state index contributed by atoms with van der Waals surface area (Å²) in [4.78, 5) is 29.5. The van der Waals surface area contributed by atoms with Crippen molar-refractivity contribution in [3.63, 3.8) is 0 Å². The predicted octanol–water partition coefficient (Wildman–Crippen LogP) is 3.49. The van der Waals surface area contributed by atoms with Crippen molar-refractivity contribution in [2.24, 2.45) is 0 Å². The van der Waals surface area contributed by atoms with Gasteiger partial charge in [0.2, 0.25) is 0 Å². The number of furan rings is 1. The first-order valence-corrected chi connectivity index (χ1v) is 10.8. The molecule has 3 aromatic rings. The van der Waals surface area contributed by atoms with Crippen molar-refractivity contribution in [3.05, 3.63) is 83.7 Å². The fraction of sp³-hybridized carbons (Fsp3) is 0.227. The molecule has 2 aromatic heterocycles. The summed E-state index contributed by atoms with van der Waals surface area (Å²) in [5.74, 6) is 0.301. The number of aromatic nitrogens is 2. The van der Waals surface area contributed by atoms with Crippen LogP contribution in [0.2, 0.25) is 0 Å². The average Bonchev–Trinajstić information content (AvgIpc) is 3.45. The van der Waals surface area contributed by atoms with Gasteiger partial charge in [0.05, 0.1) is 18.4 Å². The van der Waals surface area contributed by atoms with Crippen LogP contribution in [-0.2, 0) is 16.1 Å². The number of nitrogens with zero attached hydrogens (tertiary/aromatic N) is 2. The summed E-state index contributed by atoms with van der Waals surface area (Å²) in [6.07, 6.45) is 5.14. The van der Waals surface area contributed by atoms with E-state index in [4.69, 9.17) is 9.15 Å². The lowest BCUT2D eigenvalue weighted by Crippen LogP contribution is -2.46. The number of benzene rings is 1. The van der Waals surface area contributed by atoms with Crippen LogP contribution >= 0.6 is 11.8 Å². The molecule has 2 amide bonds. The Morgan fingerprint density at radius 2 is 2.10 bits per heavy atom. The molecule has 0 saturated carbocycles. The van der Waals surface area contributed by atoms with Crippen LogP contribution in [0.3, 0.4) is 0 Å². The van der Waals surface area contributed by atoms with E-state index in [0.29, 0.717) is 29.3 Å². The Bertz CT molecular complexity index is 1080. The van der Waals surface area contributed by atoms with Crippen molar-refractivity contribution >= 4 is 23.8 Å². The van der Waals surface area contributed by atoms with E-state index < -0.39 is 18.0 Å². The first-order chi connectivity index (χ1) is 15.2. The SMILES string of the molecule is CCOC(=O)C1=C(CSc2nccn2Cc2ccccc2)NC(=O)N[C@H]1c1ccco1. The van der Waals surface area contributed by atoms with Gasteiger partial charge in [-0.3, -0.25) is 0 Å². The minimum atomic E-state index is -0.720. The van der Waals surface area contributed by atoms with Gasteiger partial charge in [0, 0.05) is 30.4 Å². The normalized spacial score (nSPS) is 16.0. The lowest BCUT2D eigenvalue weighted by molar-refractivity contribution is -0.139. The van der Waals surface area contributed by atoms with E-state index in [1.54, 1.807) is 25.3 Å². The topological polar surface area (TPSA) is 98.4 Å². The predicted molar refractivity (Wildman–Crippen MR) is 115 cm³/mol. The third kappa shape index (κ3) is 4.83. The first kappa shape index (κ1) is 20.8. The average molecular weight is 439 g/mol. The molecule has 0 radical (unpaired) electrons. The smallest absolute Gasteiger partial charge is 0.338 e. The number of amides is 2. The highest BCUT2D eigenvalue weighted by Gasteiger charge is 2.35. The number of hydrogen-bond donors (Lipinski definition) is 2. The Kier molecular flexibility index (Phi) is 6.42. The second-order valence-corrected chi connectivity index (χ2v) is 7.71. The standard InChI is InChI=1S/C22H22N4O4S/c1-2-29-20(27)18-16(24-21(28)25-19(18)17-9-6-12-30-17)14-31-22-23-10-11-26(22)13-15-7-4-3-5-8-15/h3-12,19H,2,13-14H2,1H3,(H2,24,25,28)/t19-/m0/s1. The number of thioether (sulfide) groups is 1. The highest BCUT2D eigenvalue weighted by molar-refractivity contribution is 7.99. The van der Waals surface area contributed by atoms with Gasteiger partial charge in [-0.15, -0.1) is 0 Å². The Hall–Kier alpha value is -3.46. The number of imidazole rings is 1. The fourth-order valence-electron chi connectivity index (χ4n) is 3.32. The summed E-state index contributed by atoms with van der Waals surface area (Å²) in [6.45, 7) is 2.64. The molecule has 0 spiro atoms. The molecule has 1 aliphatic rings. The van der Waals surface area contributed by atoms with Gasteiger partial charge in [0.25, 0.3) is 0 Å². The van der Waals surface area contributed by atoms with E-state index in [1.165, 1.54) is 18.0 Å². The minimum Gasteiger partial charge on any atom is -0.467 e. The number of ether oxygens (including phenoxy) is 1. The lowest BCUT2D eigenvalue weighted by Gasteiger charge is -2.27. The van der Waals surface area contributed by atoms with Gasteiger partial charge in [0.1, 0.15) is 11.8 Å². The molecule has 0 aliphatic carbocycles. The molecule has 0 fully saturated rings. The monoisotopic (exact) mass is 438 g/mol. The van der Waals surface area contributed by atoms with Crippen LogP contribution in [-0.4, -0.2) is 33.9 Å². The molecule has 0 saturated heterocycles. The number of nitrogens with one attached hydrogen (secondary N) is 2. The molecule has 1 aromatic carbocycles. The number of rotatable bonds is 8. The zero-order chi connectivity index (χ0) is 21.6. The van der Waals surface area contributed by atoms with Gasteiger partial charge in [-0.1, -0.05) is 42.1 Å². The van der Waals surface area contributed by atoms with E-state index in [1.807, 2.05) is 29.0 Å². The number of carbonyl (C=O) groups is 2. The molecule has 3 heterocycles. The Balaban J connectivity index is 1.59. The maximum absolute atomic E-state index is 12.7. The molecule has 0 bridgehead atoms. The third-order valence-corrected chi connectivity index (χ3v) is 5.73. The maximum Gasteiger partial charge on any atom is 0.338 e. The van der Waals surface area contributed by atoms with Crippen molar-refractivity contribution in [1.82, 2.24) is 20.2 Å². The van der Waals surface area contributed by atoms with E-state index in [0.717, 1.165) is 10.7 Å². The van der Waals surface area contributed by atoms with Crippen LogP contribution in [0.25, 0.3) is 0 Å². The van der Waals surface area contributed by atoms with Crippen molar-refractivity contribution in [1.29, 1.82) is 0 Å². The third-order valence-electron chi connectivity index (χ3n) is 4.70. The van der Waals surface area contributed by atoms with E-state index >= 15 is 0 Å². The Labute approximate surface area is 183 Å². The van der Waals surface area contributed by atoms with Crippen LogP contribution in [0, 0.1) is 0 Å². The van der Waals surface area contributed by atoms with Crippen molar-refractivity contribution in [2.45, 2.75) is 24.7 Å². The highest BCUT2D eigenvalue weighted by atomic mass is 32.2. The van der Waals surface area contributed by atoms with Gasteiger partial charge < -0.3 is 24.4 Å². The number of urea groups is 1. The molecule has 160 valence electrons. The molecule has 1 atom stereocenters. The van der Waals surface area contributed by atoms with Crippen LogP contribution in [0.15, 0.2) is 82.0 Å². The molecule has 8 nitrogen and oxygen atoms in total. The van der Waals surface area contributed by atoms with Crippen molar-refractivity contribution < 1.29 is 18.7 Å². The summed E-state index contributed by atoms with van der Waals surface area (Å²) in [5, 5.41) is 6.28. The van der Waals surface area contributed by atoms with E-state index in [-0.39, 0.29) is 6.61 Å². The van der Waals surface area contributed by atoms with Gasteiger partial charge in [-0.05, 0) is 24.6 Å². The summed E-state index contributed by atoms with van der Waals surface area (Å²) in [7, 11) is 0. The minimum absolute atomic E-state index is 0.225. The zero-order valence-corrected chi connectivity index (χ0v) is 17.7. The molecular weight excluding hydrogens is 416 g/mol. The van der Waals surface area contributed by atoms with E-state index in [9.17, 15) is 9.59 Å². The maximum atomic E-state index is 12.7. The number of esters is 1. The van der Waals surface area contributed by atoms with Gasteiger partial charge in [-0.2, -0.15) is 0 Å². The molecule has 1 aliphatic heterocycles. The van der Waals surface area contributed by atoms with Gasteiger partial charge in [0.15, 0.2) is 5.16 Å². The summed E-state index contributed by atoms with van der Waals surface area (Å²) in [6, 6.07) is 12.4. The lowest BCUT2D eigenvalue weighted by atomic mass is 10.0. The van der Waals surface area contributed by atoms with Crippen LogP contribution in [0.5, 0.6) is 0 Å². The summed E-state index contributed by atoms with van der Waals surface area (Å²) < 4.78 is 12.7. The molecule has 9 heteroatoms.